The number of rotatable bonds is 8. The van der Waals surface area contributed by atoms with E-state index in [0.717, 1.165) is 10.5 Å². The first-order chi connectivity index (χ1) is 11.9. The van der Waals surface area contributed by atoms with Crippen LogP contribution in [0.1, 0.15) is 27.2 Å². The van der Waals surface area contributed by atoms with Crippen LogP contribution in [-0.2, 0) is 23.1 Å². The highest BCUT2D eigenvalue weighted by Crippen LogP contribution is 2.34. The van der Waals surface area contributed by atoms with E-state index in [1.165, 1.54) is 16.4 Å². The van der Waals surface area contributed by atoms with Crippen LogP contribution in [0.3, 0.4) is 0 Å². The van der Waals surface area contributed by atoms with Crippen molar-refractivity contribution in [2.75, 3.05) is 26.6 Å². The number of ketones is 1. The second kappa shape index (κ2) is 8.71. The first kappa shape index (κ1) is 19.8. The van der Waals surface area contributed by atoms with Crippen molar-refractivity contribution in [3.63, 3.8) is 0 Å². The van der Waals surface area contributed by atoms with Gasteiger partial charge < -0.3 is 14.6 Å². The van der Waals surface area contributed by atoms with Crippen molar-refractivity contribution < 1.29 is 19.4 Å². The second-order valence-electron chi connectivity index (χ2n) is 5.39. The van der Waals surface area contributed by atoms with Crippen molar-refractivity contribution in [2.24, 2.45) is 7.05 Å². The summed E-state index contributed by atoms with van der Waals surface area (Å²) in [5, 5.41) is 14.5. The van der Waals surface area contributed by atoms with Gasteiger partial charge in [0, 0.05) is 30.2 Å². The quantitative estimate of drug-likeness (QED) is 0.428. The van der Waals surface area contributed by atoms with Crippen LogP contribution in [0.5, 0.6) is 5.88 Å². The summed E-state index contributed by atoms with van der Waals surface area (Å²) in [5.74, 6) is -0.538. The molecule has 8 heteroatoms. The summed E-state index contributed by atoms with van der Waals surface area (Å²) in [6, 6.07) is 3.50. The van der Waals surface area contributed by atoms with Crippen LogP contribution in [0.2, 0.25) is 5.02 Å². The van der Waals surface area contributed by atoms with Gasteiger partial charge >= 0.3 is 0 Å². The number of aromatic nitrogens is 2. The van der Waals surface area contributed by atoms with Gasteiger partial charge in [-0.3, -0.25) is 4.79 Å². The summed E-state index contributed by atoms with van der Waals surface area (Å²) < 4.78 is 11.8. The number of nitrogens with zero attached hydrogens (tertiary/aromatic N) is 2. The molecule has 2 rings (SSSR count). The average Bonchev–Trinajstić information content (AvgIpc) is 2.84. The SMILES string of the molecule is COCCOCc1c(SC)ccc(C(=O)c2c(C)nn(C)c2O)c1Cl. The molecule has 0 saturated heterocycles. The number of methoxy groups -OCH3 is 1. The number of ether oxygens (including phenoxy) is 2. The fourth-order valence-electron chi connectivity index (χ4n) is 2.47. The Morgan fingerprint density at radius 2 is 2.12 bits per heavy atom. The monoisotopic (exact) mass is 384 g/mol. The zero-order chi connectivity index (χ0) is 18.6. The Labute approximate surface area is 156 Å². The van der Waals surface area contributed by atoms with Crippen molar-refractivity contribution >= 4 is 29.1 Å². The van der Waals surface area contributed by atoms with E-state index < -0.39 is 0 Å². The first-order valence-corrected chi connectivity index (χ1v) is 9.21. The van der Waals surface area contributed by atoms with Crippen LogP contribution in [0, 0.1) is 6.92 Å². The maximum Gasteiger partial charge on any atom is 0.220 e. The van der Waals surface area contributed by atoms with Gasteiger partial charge in [-0.05, 0) is 25.3 Å². The third-order valence-electron chi connectivity index (χ3n) is 3.76. The third-order valence-corrected chi connectivity index (χ3v) is 5.02. The Hall–Kier alpha value is -1.54. The van der Waals surface area contributed by atoms with Crippen molar-refractivity contribution in [3.05, 3.63) is 39.5 Å². The normalized spacial score (nSPS) is 11.1. The fourth-order valence-corrected chi connectivity index (χ4v) is 3.44. The number of halogens is 1. The van der Waals surface area contributed by atoms with E-state index >= 15 is 0 Å². The lowest BCUT2D eigenvalue weighted by atomic mass is 10.0. The lowest BCUT2D eigenvalue weighted by Crippen LogP contribution is -2.08. The molecule has 25 heavy (non-hydrogen) atoms. The average molecular weight is 385 g/mol. The maximum atomic E-state index is 12.9. The van der Waals surface area contributed by atoms with Gasteiger partial charge in [0.15, 0.2) is 0 Å². The van der Waals surface area contributed by atoms with Gasteiger partial charge in [-0.25, -0.2) is 4.68 Å². The highest BCUT2D eigenvalue weighted by molar-refractivity contribution is 7.98. The van der Waals surface area contributed by atoms with Gasteiger partial charge in [-0.15, -0.1) is 11.8 Å². The molecule has 0 atom stereocenters. The van der Waals surface area contributed by atoms with Crippen LogP contribution in [0.4, 0.5) is 0 Å². The molecule has 0 aliphatic heterocycles. The highest BCUT2D eigenvalue weighted by atomic mass is 35.5. The topological polar surface area (TPSA) is 73.6 Å². The molecule has 0 spiro atoms. The van der Waals surface area contributed by atoms with Crippen LogP contribution < -0.4 is 0 Å². The van der Waals surface area contributed by atoms with Crippen LogP contribution >= 0.6 is 23.4 Å². The third kappa shape index (κ3) is 4.17. The zero-order valence-electron chi connectivity index (χ0n) is 14.6. The minimum Gasteiger partial charge on any atom is -0.493 e. The lowest BCUT2D eigenvalue weighted by molar-refractivity contribution is 0.0608. The summed E-state index contributed by atoms with van der Waals surface area (Å²) >= 11 is 8.03. The molecule has 6 nitrogen and oxygen atoms in total. The Morgan fingerprint density at radius 3 is 2.68 bits per heavy atom. The Morgan fingerprint density at radius 1 is 1.40 bits per heavy atom. The van der Waals surface area contributed by atoms with Crippen molar-refractivity contribution in [2.45, 2.75) is 18.4 Å². The molecule has 0 bridgehead atoms. The lowest BCUT2D eigenvalue weighted by Gasteiger charge is -2.13. The molecule has 0 saturated carbocycles. The molecule has 136 valence electrons. The van der Waals surface area contributed by atoms with E-state index in [-0.39, 0.29) is 23.8 Å². The highest BCUT2D eigenvalue weighted by Gasteiger charge is 2.25. The largest absolute Gasteiger partial charge is 0.493 e. The zero-order valence-corrected chi connectivity index (χ0v) is 16.2. The predicted molar refractivity (Wildman–Crippen MR) is 97.8 cm³/mol. The number of carbonyl (C=O) groups excluding carboxylic acids is 1. The number of hydrogen-bond acceptors (Lipinski definition) is 6. The second-order valence-corrected chi connectivity index (χ2v) is 6.62. The van der Waals surface area contributed by atoms with Gasteiger partial charge in [0.25, 0.3) is 0 Å². The minimum atomic E-state index is -0.362. The number of carbonyl (C=O) groups is 1. The Bertz CT molecular complexity index is 776. The maximum absolute atomic E-state index is 12.9. The molecular formula is C17H21ClN2O4S. The molecule has 0 unspecified atom stereocenters. The van der Waals surface area contributed by atoms with Gasteiger partial charge in [-0.2, -0.15) is 5.10 Å². The van der Waals surface area contributed by atoms with E-state index in [1.54, 1.807) is 27.1 Å². The Balaban J connectivity index is 2.39. The molecule has 0 radical (unpaired) electrons. The summed E-state index contributed by atoms with van der Waals surface area (Å²) in [6.07, 6.45) is 1.93. The minimum absolute atomic E-state index is 0.160. The standard InChI is InChI=1S/C17H21ClN2O4S/c1-10-14(17(22)20(2)19-10)16(21)11-5-6-13(25-4)12(15(11)18)9-24-8-7-23-3/h5-6,22H,7-9H2,1-4H3. The van der Waals surface area contributed by atoms with Gasteiger partial charge in [-0.1, -0.05) is 11.6 Å². The predicted octanol–water partition coefficient (Wildman–Crippen LogP) is 3.20. The molecular weight excluding hydrogens is 364 g/mol. The summed E-state index contributed by atoms with van der Waals surface area (Å²) in [6.45, 7) is 2.86. The van der Waals surface area contributed by atoms with Crippen LogP contribution in [-0.4, -0.2) is 47.2 Å². The van der Waals surface area contributed by atoms with Gasteiger partial charge in [0.2, 0.25) is 11.7 Å². The van der Waals surface area contributed by atoms with E-state index in [1.807, 2.05) is 12.3 Å². The van der Waals surface area contributed by atoms with E-state index in [9.17, 15) is 9.90 Å². The molecule has 1 aromatic carbocycles. The summed E-state index contributed by atoms with van der Waals surface area (Å²) in [7, 11) is 3.18. The van der Waals surface area contributed by atoms with Gasteiger partial charge in [0.1, 0.15) is 5.56 Å². The smallest absolute Gasteiger partial charge is 0.220 e. The van der Waals surface area contributed by atoms with Crippen molar-refractivity contribution in [1.29, 1.82) is 0 Å². The molecule has 0 aliphatic carbocycles. The number of hydrogen-bond donors (Lipinski definition) is 1. The van der Waals surface area contributed by atoms with Crippen LogP contribution in [0.25, 0.3) is 0 Å². The van der Waals surface area contributed by atoms with E-state index in [0.29, 0.717) is 29.5 Å². The molecule has 0 amide bonds. The molecule has 0 aliphatic rings. The Kier molecular flexibility index (Phi) is 6.89. The van der Waals surface area contributed by atoms with Crippen molar-refractivity contribution in [3.8, 4) is 5.88 Å². The van der Waals surface area contributed by atoms with Crippen LogP contribution in [0.15, 0.2) is 17.0 Å². The molecule has 0 fully saturated rings. The summed E-state index contributed by atoms with van der Waals surface area (Å²) in [5.41, 5.74) is 1.67. The number of aromatic hydroxyl groups is 1. The summed E-state index contributed by atoms with van der Waals surface area (Å²) in [4.78, 5) is 13.8. The molecule has 2 aromatic rings. The molecule has 1 N–H and O–H groups in total. The van der Waals surface area contributed by atoms with Crippen molar-refractivity contribution in [1.82, 2.24) is 9.78 Å². The van der Waals surface area contributed by atoms with E-state index in [2.05, 4.69) is 5.10 Å². The fraction of sp³-hybridized carbons (Fsp3) is 0.412. The van der Waals surface area contributed by atoms with E-state index in [4.69, 9.17) is 21.1 Å². The first-order valence-electron chi connectivity index (χ1n) is 7.61. The molecule has 1 aromatic heterocycles. The molecule has 1 heterocycles. The number of aryl methyl sites for hydroxylation is 2. The number of thioether (sulfide) groups is 1. The number of benzene rings is 1. The van der Waals surface area contributed by atoms with Gasteiger partial charge in [0.05, 0.1) is 30.5 Å².